The average molecular weight is 321 g/mol. The number of hydrogen-bond acceptors (Lipinski definition) is 3. The maximum atomic E-state index is 11.3. The number of alkyl halides is 1. The van der Waals surface area contributed by atoms with Crippen LogP contribution in [0.4, 0.5) is 0 Å². The molecule has 4 heteroatoms. The summed E-state index contributed by atoms with van der Waals surface area (Å²) in [5.74, 6) is 1.39. The Morgan fingerprint density at radius 2 is 2.05 bits per heavy atom. The standard InChI is InChI=1S/C15H13BrO3/c16-15-9-2-1-3-12(15)18-11-6-5-10-8(14(9)11)4-7-13(17)19-10/h4-7,9,12,15H,1-3H2/t9-,12-,15?/m0/s1. The van der Waals surface area contributed by atoms with Gasteiger partial charge in [-0.3, -0.25) is 0 Å². The smallest absolute Gasteiger partial charge is 0.336 e. The van der Waals surface area contributed by atoms with Gasteiger partial charge in [0.05, 0.1) is 4.83 Å². The number of benzene rings is 1. The number of halogens is 1. The maximum Gasteiger partial charge on any atom is 0.336 e. The van der Waals surface area contributed by atoms with Gasteiger partial charge in [-0.05, 0) is 37.5 Å². The highest BCUT2D eigenvalue weighted by molar-refractivity contribution is 9.09. The van der Waals surface area contributed by atoms with Gasteiger partial charge in [0.15, 0.2) is 0 Å². The Hall–Kier alpha value is -1.29. The fourth-order valence-electron chi connectivity index (χ4n) is 3.34. The molecule has 2 heterocycles. The molecule has 19 heavy (non-hydrogen) atoms. The largest absolute Gasteiger partial charge is 0.489 e. The molecule has 98 valence electrons. The molecule has 4 rings (SSSR count). The van der Waals surface area contributed by atoms with E-state index in [1.165, 1.54) is 18.1 Å². The molecule has 3 nitrogen and oxygen atoms in total. The predicted octanol–water partition coefficient (Wildman–Crippen LogP) is 3.59. The lowest BCUT2D eigenvalue weighted by Crippen LogP contribution is -2.40. The van der Waals surface area contributed by atoms with Crippen molar-refractivity contribution in [2.75, 3.05) is 0 Å². The third-order valence-corrected chi connectivity index (χ3v) is 5.42. The Bertz CT molecular complexity index is 706. The second kappa shape index (κ2) is 4.10. The second-order valence-corrected chi connectivity index (χ2v) is 6.34. The number of ether oxygens (including phenoxy) is 1. The number of fused-ring (bicyclic) bond motifs is 6. The van der Waals surface area contributed by atoms with E-state index >= 15 is 0 Å². The molecule has 0 N–H and O–H groups in total. The Kier molecular flexibility index (Phi) is 2.49. The summed E-state index contributed by atoms with van der Waals surface area (Å²) in [4.78, 5) is 11.7. The molecule has 0 radical (unpaired) electrons. The zero-order valence-electron chi connectivity index (χ0n) is 10.3. The first kappa shape index (κ1) is 11.5. The van der Waals surface area contributed by atoms with Crippen LogP contribution in [0.2, 0.25) is 0 Å². The minimum Gasteiger partial charge on any atom is -0.489 e. The molecule has 1 aliphatic carbocycles. The predicted molar refractivity (Wildman–Crippen MR) is 76.2 cm³/mol. The van der Waals surface area contributed by atoms with Crippen molar-refractivity contribution in [1.29, 1.82) is 0 Å². The van der Waals surface area contributed by atoms with E-state index in [9.17, 15) is 4.79 Å². The molecule has 1 saturated carbocycles. The maximum absolute atomic E-state index is 11.3. The highest BCUT2D eigenvalue weighted by atomic mass is 79.9. The monoisotopic (exact) mass is 320 g/mol. The van der Waals surface area contributed by atoms with Gasteiger partial charge < -0.3 is 9.15 Å². The fourth-order valence-corrected chi connectivity index (χ4v) is 4.24. The van der Waals surface area contributed by atoms with Crippen molar-refractivity contribution in [2.24, 2.45) is 0 Å². The van der Waals surface area contributed by atoms with E-state index in [-0.39, 0.29) is 11.7 Å². The molecule has 3 atom stereocenters. The first-order valence-corrected chi connectivity index (χ1v) is 7.53. The Morgan fingerprint density at radius 1 is 1.16 bits per heavy atom. The third-order valence-electron chi connectivity index (χ3n) is 4.20. The zero-order chi connectivity index (χ0) is 13.0. The van der Waals surface area contributed by atoms with Crippen molar-refractivity contribution in [3.63, 3.8) is 0 Å². The van der Waals surface area contributed by atoms with E-state index in [0.717, 1.165) is 24.0 Å². The molecule has 0 spiro atoms. The first-order valence-electron chi connectivity index (χ1n) is 6.61. The fraction of sp³-hybridized carbons (Fsp3) is 0.400. The number of rotatable bonds is 0. The highest BCUT2D eigenvalue weighted by Gasteiger charge is 2.40. The molecule has 2 aromatic rings. The van der Waals surface area contributed by atoms with Gasteiger partial charge >= 0.3 is 5.63 Å². The van der Waals surface area contributed by atoms with Gasteiger partial charge in [0.25, 0.3) is 0 Å². The molecule has 0 saturated heterocycles. The summed E-state index contributed by atoms with van der Waals surface area (Å²) in [5.41, 5.74) is 1.54. The van der Waals surface area contributed by atoms with Gasteiger partial charge in [-0.15, -0.1) is 0 Å². The van der Waals surface area contributed by atoms with E-state index < -0.39 is 0 Å². The molecule has 0 amide bonds. The van der Waals surface area contributed by atoms with Crippen LogP contribution in [0.25, 0.3) is 11.0 Å². The summed E-state index contributed by atoms with van der Waals surface area (Å²) >= 11 is 3.78. The van der Waals surface area contributed by atoms with Crippen molar-refractivity contribution in [2.45, 2.75) is 36.1 Å². The summed E-state index contributed by atoms with van der Waals surface area (Å²) in [6.07, 6.45) is 3.71. The number of hydrogen-bond donors (Lipinski definition) is 0. The van der Waals surface area contributed by atoms with Crippen LogP contribution >= 0.6 is 15.9 Å². The minimum atomic E-state index is -0.305. The topological polar surface area (TPSA) is 39.4 Å². The lowest BCUT2D eigenvalue weighted by Gasteiger charge is -2.41. The molecule has 1 aromatic heterocycles. The van der Waals surface area contributed by atoms with Crippen LogP contribution in [0, 0.1) is 0 Å². The summed E-state index contributed by atoms with van der Waals surface area (Å²) < 4.78 is 11.4. The lowest BCUT2D eigenvalue weighted by atomic mass is 9.78. The average Bonchev–Trinajstić information content (AvgIpc) is 2.38. The molecular weight excluding hydrogens is 308 g/mol. The molecule has 1 aliphatic heterocycles. The minimum absolute atomic E-state index is 0.263. The molecule has 2 bridgehead atoms. The van der Waals surface area contributed by atoms with Crippen molar-refractivity contribution >= 4 is 26.9 Å². The van der Waals surface area contributed by atoms with Crippen molar-refractivity contribution in [1.82, 2.24) is 0 Å². The SMILES string of the molecule is O=c1ccc2c3c(ccc2o1)O[C@H]1CCC[C@@H]3C1Br. The van der Waals surface area contributed by atoms with Crippen molar-refractivity contribution in [3.8, 4) is 5.75 Å². The zero-order valence-corrected chi connectivity index (χ0v) is 11.9. The van der Waals surface area contributed by atoms with Gasteiger partial charge in [0, 0.05) is 22.9 Å². The van der Waals surface area contributed by atoms with E-state index in [4.69, 9.17) is 9.15 Å². The van der Waals surface area contributed by atoms with Crippen LogP contribution in [0.1, 0.15) is 30.7 Å². The van der Waals surface area contributed by atoms with E-state index in [1.54, 1.807) is 0 Å². The van der Waals surface area contributed by atoms with Crippen LogP contribution in [-0.2, 0) is 0 Å². The normalized spacial score (nSPS) is 28.8. The van der Waals surface area contributed by atoms with Gasteiger partial charge in [0.2, 0.25) is 0 Å². The molecule has 2 aliphatic rings. The molecule has 1 fully saturated rings. The molecular formula is C15H13BrO3. The summed E-state index contributed by atoms with van der Waals surface area (Å²) in [7, 11) is 0. The van der Waals surface area contributed by atoms with E-state index in [1.807, 2.05) is 18.2 Å². The van der Waals surface area contributed by atoms with Gasteiger partial charge in [-0.2, -0.15) is 0 Å². The van der Waals surface area contributed by atoms with Crippen molar-refractivity contribution in [3.05, 3.63) is 40.2 Å². The third kappa shape index (κ3) is 1.66. The van der Waals surface area contributed by atoms with Gasteiger partial charge in [-0.1, -0.05) is 15.9 Å². The summed E-state index contributed by atoms with van der Waals surface area (Å²) in [5, 5.41) is 1.01. The Morgan fingerprint density at radius 3 is 2.95 bits per heavy atom. The Balaban J connectivity index is 2.01. The van der Waals surface area contributed by atoms with Gasteiger partial charge in [0.1, 0.15) is 17.4 Å². The van der Waals surface area contributed by atoms with E-state index in [2.05, 4.69) is 15.9 Å². The Labute approximate surface area is 118 Å². The first-order chi connectivity index (χ1) is 9.24. The van der Waals surface area contributed by atoms with E-state index in [0.29, 0.717) is 16.3 Å². The highest BCUT2D eigenvalue weighted by Crippen LogP contribution is 2.49. The van der Waals surface area contributed by atoms with Crippen LogP contribution in [0.15, 0.2) is 33.5 Å². The second-order valence-electron chi connectivity index (χ2n) is 5.28. The van der Waals surface area contributed by atoms with Crippen LogP contribution < -0.4 is 10.4 Å². The van der Waals surface area contributed by atoms with Crippen LogP contribution in [0.3, 0.4) is 0 Å². The van der Waals surface area contributed by atoms with Crippen LogP contribution in [0.5, 0.6) is 5.75 Å². The lowest BCUT2D eigenvalue weighted by molar-refractivity contribution is 0.130. The summed E-state index contributed by atoms with van der Waals surface area (Å²) in [6, 6.07) is 7.11. The van der Waals surface area contributed by atoms with Gasteiger partial charge in [-0.25, -0.2) is 4.79 Å². The molecule has 1 unspecified atom stereocenters. The summed E-state index contributed by atoms with van der Waals surface area (Å²) in [6.45, 7) is 0. The van der Waals surface area contributed by atoms with Crippen molar-refractivity contribution < 1.29 is 9.15 Å². The quantitative estimate of drug-likeness (QED) is 0.550. The van der Waals surface area contributed by atoms with Crippen LogP contribution in [-0.4, -0.2) is 10.9 Å². The molecule has 1 aromatic carbocycles.